The number of anilines is 3. The van der Waals surface area contributed by atoms with Gasteiger partial charge in [-0.05, 0) is 96.7 Å². The van der Waals surface area contributed by atoms with Gasteiger partial charge in [-0.2, -0.15) is 0 Å². The van der Waals surface area contributed by atoms with E-state index in [-0.39, 0.29) is 0 Å². The predicted molar refractivity (Wildman–Crippen MR) is 253 cm³/mol. The average Bonchev–Trinajstić information content (AvgIpc) is 3.97. The van der Waals surface area contributed by atoms with E-state index in [2.05, 4.69) is 229 Å². The lowest BCUT2D eigenvalue weighted by Crippen LogP contribution is -2.26. The van der Waals surface area contributed by atoms with Crippen LogP contribution in [-0.2, 0) is 5.41 Å². The minimum Gasteiger partial charge on any atom is -0.454 e. The van der Waals surface area contributed by atoms with Crippen molar-refractivity contribution in [3.63, 3.8) is 0 Å². The molecule has 0 N–H and O–H groups in total. The van der Waals surface area contributed by atoms with Crippen LogP contribution in [0.5, 0.6) is 0 Å². The van der Waals surface area contributed by atoms with Crippen LogP contribution in [0.3, 0.4) is 0 Å². The standard InChI is InChI=1S/C59H37NO/c1-2-18-39(19-3-1)43-25-15-34-55-56(43)47-26-14-33-54(58(47)61-55)60(52-31-13-9-21-42(52)41-36-35-38-17-4-5-20-40(38)37-41)53-32-16-30-51-57(53)46-24-8-12-29-50(46)59(51)48-27-10-6-22-44(48)45-23-7-11-28-49(45)59/h1-37H. The molecule has 61 heavy (non-hydrogen) atoms. The molecule has 11 aromatic rings. The number of rotatable bonds is 5. The van der Waals surface area contributed by atoms with Crippen LogP contribution in [0.2, 0.25) is 0 Å². The molecule has 1 aromatic heterocycles. The lowest BCUT2D eigenvalue weighted by Gasteiger charge is -2.32. The Morgan fingerprint density at radius 3 is 1.69 bits per heavy atom. The third-order valence-corrected chi connectivity index (χ3v) is 13.3. The molecule has 0 saturated carbocycles. The summed E-state index contributed by atoms with van der Waals surface area (Å²) < 4.78 is 7.11. The van der Waals surface area contributed by atoms with Crippen LogP contribution >= 0.6 is 0 Å². The first-order valence-electron chi connectivity index (χ1n) is 21.1. The van der Waals surface area contributed by atoms with Crippen LogP contribution in [-0.4, -0.2) is 0 Å². The zero-order chi connectivity index (χ0) is 40.1. The van der Waals surface area contributed by atoms with Crippen LogP contribution in [0, 0.1) is 0 Å². The fourth-order valence-electron chi connectivity index (χ4n) is 10.8. The molecule has 1 spiro atoms. The molecular formula is C59H37NO. The molecule has 2 nitrogen and oxygen atoms in total. The monoisotopic (exact) mass is 775 g/mol. The van der Waals surface area contributed by atoms with Crippen molar-refractivity contribution in [3.8, 4) is 44.5 Å². The molecule has 2 aliphatic carbocycles. The van der Waals surface area contributed by atoms with Gasteiger partial charge in [-0.3, -0.25) is 0 Å². The second-order valence-electron chi connectivity index (χ2n) is 16.3. The van der Waals surface area contributed by atoms with Gasteiger partial charge in [0.2, 0.25) is 0 Å². The Hall–Kier alpha value is -7.94. The third kappa shape index (κ3) is 4.73. The zero-order valence-electron chi connectivity index (χ0n) is 33.2. The van der Waals surface area contributed by atoms with Crippen molar-refractivity contribution in [2.75, 3.05) is 4.90 Å². The summed E-state index contributed by atoms with van der Waals surface area (Å²) >= 11 is 0. The summed E-state index contributed by atoms with van der Waals surface area (Å²) in [5, 5.41) is 4.64. The Labute approximate surface area is 354 Å². The quantitative estimate of drug-likeness (QED) is 0.173. The second-order valence-corrected chi connectivity index (χ2v) is 16.3. The molecule has 0 aliphatic heterocycles. The normalized spacial score (nSPS) is 13.0. The Balaban J connectivity index is 1.14. The summed E-state index contributed by atoms with van der Waals surface area (Å²) in [4.78, 5) is 2.48. The lowest BCUT2D eigenvalue weighted by molar-refractivity contribution is 0.669. The number of furan rings is 1. The topological polar surface area (TPSA) is 16.4 Å². The van der Waals surface area contributed by atoms with Crippen LogP contribution in [0.1, 0.15) is 22.3 Å². The SMILES string of the molecule is c1ccc(-c2cccc3oc4c(N(c5ccccc5-c5ccc6ccccc6c5)c5cccc6c5-c5ccccc5C65c6ccccc6-c6ccccc65)cccc4c23)cc1. The van der Waals surface area contributed by atoms with E-state index in [1.807, 2.05) is 0 Å². The van der Waals surface area contributed by atoms with Gasteiger partial charge in [0, 0.05) is 21.9 Å². The van der Waals surface area contributed by atoms with E-state index >= 15 is 0 Å². The number of fused-ring (bicyclic) bond motifs is 14. The molecule has 284 valence electrons. The molecule has 2 aliphatic rings. The molecule has 0 saturated heterocycles. The van der Waals surface area contributed by atoms with E-state index < -0.39 is 5.41 Å². The van der Waals surface area contributed by atoms with Crippen molar-refractivity contribution < 1.29 is 4.42 Å². The highest BCUT2D eigenvalue weighted by Gasteiger charge is 2.52. The highest BCUT2D eigenvalue weighted by atomic mass is 16.3. The van der Waals surface area contributed by atoms with Crippen molar-refractivity contribution in [2.45, 2.75) is 5.41 Å². The molecular weight excluding hydrogens is 739 g/mol. The Morgan fingerprint density at radius 1 is 0.344 bits per heavy atom. The minimum absolute atomic E-state index is 0.478. The van der Waals surface area contributed by atoms with Crippen molar-refractivity contribution in [1.82, 2.24) is 0 Å². The molecule has 0 bridgehead atoms. The molecule has 13 rings (SSSR count). The largest absolute Gasteiger partial charge is 0.454 e. The molecule has 0 atom stereocenters. The first kappa shape index (κ1) is 34.0. The highest BCUT2D eigenvalue weighted by molar-refractivity contribution is 6.17. The fourth-order valence-corrected chi connectivity index (χ4v) is 10.8. The maximum Gasteiger partial charge on any atom is 0.159 e. The molecule has 1 heterocycles. The van der Waals surface area contributed by atoms with Gasteiger partial charge >= 0.3 is 0 Å². The molecule has 2 heteroatoms. The van der Waals surface area contributed by atoms with Gasteiger partial charge in [0.25, 0.3) is 0 Å². The number of para-hydroxylation sites is 2. The van der Waals surface area contributed by atoms with Crippen molar-refractivity contribution >= 4 is 49.8 Å². The van der Waals surface area contributed by atoms with Crippen LogP contribution < -0.4 is 4.90 Å². The summed E-state index contributed by atoms with van der Waals surface area (Å²) in [6.45, 7) is 0. The Morgan fingerprint density at radius 2 is 0.902 bits per heavy atom. The fraction of sp³-hybridized carbons (Fsp3) is 0.0169. The molecule has 10 aromatic carbocycles. The first-order chi connectivity index (χ1) is 30.3. The third-order valence-electron chi connectivity index (χ3n) is 13.3. The van der Waals surface area contributed by atoms with Gasteiger partial charge in [0.1, 0.15) is 5.58 Å². The Kier molecular flexibility index (Phi) is 7.26. The van der Waals surface area contributed by atoms with E-state index in [9.17, 15) is 0 Å². The van der Waals surface area contributed by atoms with Gasteiger partial charge in [-0.15, -0.1) is 0 Å². The van der Waals surface area contributed by atoms with Crippen LogP contribution in [0.25, 0.3) is 77.2 Å². The summed E-state index contributed by atoms with van der Waals surface area (Å²) in [5.41, 5.74) is 19.4. The van der Waals surface area contributed by atoms with E-state index in [1.54, 1.807) is 0 Å². The van der Waals surface area contributed by atoms with Gasteiger partial charge in [0.05, 0.1) is 22.5 Å². The molecule has 0 fully saturated rings. The van der Waals surface area contributed by atoms with Gasteiger partial charge in [-0.25, -0.2) is 0 Å². The van der Waals surface area contributed by atoms with E-state index in [4.69, 9.17) is 4.42 Å². The maximum atomic E-state index is 7.11. The maximum absolute atomic E-state index is 7.11. The van der Waals surface area contributed by atoms with Crippen molar-refractivity contribution in [2.24, 2.45) is 0 Å². The number of nitrogens with zero attached hydrogens (tertiary/aromatic N) is 1. The summed E-state index contributed by atoms with van der Waals surface area (Å²) in [6, 6.07) is 82.1. The number of benzene rings is 10. The van der Waals surface area contributed by atoms with Crippen molar-refractivity contribution in [1.29, 1.82) is 0 Å². The average molecular weight is 776 g/mol. The molecule has 0 radical (unpaired) electrons. The highest BCUT2D eigenvalue weighted by Crippen LogP contribution is 2.65. The van der Waals surface area contributed by atoms with Gasteiger partial charge in [-0.1, -0.05) is 194 Å². The van der Waals surface area contributed by atoms with E-state index in [1.165, 1.54) is 60.8 Å². The number of hydrogen-bond donors (Lipinski definition) is 0. The van der Waals surface area contributed by atoms with E-state index in [0.29, 0.717) is 0 Å². The zero-order valence-corrected chi connectivity index (χ0v) is 33.2. The van der Waals surface area contributed by atoms with Crippen LogP contribution in [0.4, 0.5) is 17.1 Å². The van der Waals surface area contributed by atoms with Gasteiger partial charge in [0.15, 0.2) is 5.58 Å². The smallest absolute Gasteiger partial charge is 0.159 e. The predicted octanol–water partition coefficient (Wildman–Crippen LogP) is 15.9. The van der Waals surface area contributed by atoms with Crippen LogP contribution in [0.15, 0.2) is 229 Å². The lowest BCUT2D eigenvalue weighted by atomic mass is 9.70. The summed E-state index contributed by atoms with van der Waals surface area (Å²) in [5.74, 6) is 0. The molecule has 0 unspecified atom stereocenters. The van der Waals surface area contributed by atoms with Gasteiger partial charge < -0.3 is 9.32 Å². The van der Waals surface area contributed by atoms with Crippen molar-refractivity contribution in [3.05, 3.63) is 247 Å². The molecule has 0 amide bonds. The Bertz CT molecular complexity index is 3510. The first-order valence-corrected chi connectivity index (χ1v) is 21.1. The van der Waals surface area contributed by atoms with E-state index in [0.717, 1.165) is 55.7 Å². The minimum atomic E-state index is -0.478. The number of hydrogen-bond acceptors (Lipinski definition) is 2. The summed E-state index contributed by atoms with van der Waals surface area (Å²) in [6.07, 6.45) is 0. The summed E-state index contributed by atoms with van der Waals surface area (Å²) in [7, 11) is 0. The second kappa shape index (κ2) is 13.0.